The molecule has 0 saturated carbocycles. The van der Waals surface area contributed by atoms with Gasteiger partial charge in [-0.3, -0.25) is 14.0 Å². The van der Waals surface area contributed by atoms with Crippen molar-refractivity contribution in [2.45, 2.75) is 13.5 Å². The first kappa shape index (κ1) is 16.6. The van der Waals surface area contributed by atoms with E-state index in [9.17, 15) is 14.4 Å². The van der Waals surface area contributed by atoms with Gasteiger partial charge in [0.1, 0.15) is 16.3 Å². The van der Waals surface area contributed by atoms with Crippen molar-refractivity contribution in [3.8, 4) is 0 Å². The maximum atomic E-state index is 12.4. The van der Waals surface area contributed by atoms with Crippen LogP contribution in [0.5, 0.6) is 0 Å². The van der Waals surface area contributed by atoms with E-state index >= 15 is 0 Å². The number of carbonyl (C=O) groups is 1. The Morgan fingerprint density at radius 2 is 2.15 bits per heavy atom. The first-order valence-corrected chi connectivity index (χ1v) is 9.23. The molecule has 132 valence electrons. The van der Waals surface area contributed by atoms with Gasteiger partial charge in [-0.2, -0.15) is 0 Å². The Hall–Kier alpha value is -2.85. The molecule has 10 heteroatoms. The molecule has 0 unspecified atom stereocenters. The molecule has 0 amide bonds. The van der Waals surface area contributed by atoms with E-state index in [4.69, 9.17) is 4.74 Å². The van der Waals surface area contributed by atoms with Gasteiger partial charge in [0.25, 0.3) is 11.1 Å². The number of thiazole rings is 1. The topological polar surface area (TPSA) is 95.6 Å². The van der Waals surface area contributed by atoms with Crippen LogP contribution in [0.4, 0.5) is 0 Å². The zero-order valence-corrected chi connectivity index (χ0v) is 15.4. The first-order chi connectivity index (χ1) is 12.5. The molecule has 4 aromatic rings. The highest BCUT2D eigenvalue weighted by Gasteiger charge is 2.20. The third kappa shape index (κ3) is 2.63. The lowest BCUT2D eigenvalue weighted by atomic mass is 10.2. The molecule has 0 spiro atoms. The van der Waals surface area contributed by atoms with Gasteiger partial charge >= 0.3 is 5.97 Å². The van der Waals surface area contributed by atoms with Crippen molar-refractivity contribution < 1.29 is 9.53 Å². The molecule has 4 aromatic heterocycles. The molecule has 0 aromatic carbocycles. The standard InChI is InChI=1S/C16H12N4O4S2/c1-8-11-13(17-7-19(2)14(11)22)26-12(8)15(23)24-6-9-5-10(21)20-3-4-25-16(20)18-9/h3-5,7H,6H2,1-2H3. The number of thiophene rings is 1. The lowest BCUT2D eigenvalue weighted by molar-refractivity contribution is 0.0473. The Kier molecular flexibility index (Phi) is 3.93. The highest BCUT2D eigenvalue weighted by molar-refractivity contribution is 7.20. The van der Waals surface area contributed by atoms with E-state index in [1.165, 1.54) is 32.7 Å². The molecule has 0 aliphatic rings. The van der Waals surface area contributed by atoms with Crippen LogP contribution in [-0.4, -0.2) is 24.9 Å². The Bertz CT molecular complexity index is 1280. The van der Waals surface area contributed by atoms with E-state index < -0.39 is 5.97 Å². The Morgan fingerprint density at radius 1 is 1.35 bits per heavy atom. The summed E-state index contributed by atoms with van der Waals surface area (Å²) in [5, 5.41) is 2.18. The van der Waals surface area contributed by atoms with E-state index in [0.717, 1.165) is 11.3 Å². The van der Waals surface area contributed by atoms with Crippen molar-refractivity contribution in [1.82, 2.24) is 18.9 Å². The minimum Gasteiger partial charge on any atom is -0.455 e. The highest BCUT2D eigenvalue weighted by Crippen LogP contribution is 2.27. The summed E-state index contributed by atoms with van der Waals surface area (Å²) in [6.45, 7) is 1.57. The molecule has 4 heterocycles. The highest BCUT2D eigenvalue weighted by atomic mass is 32.1. The smallest absolute Gasteiger partial charge is 0.349 e. The van der Waals surface area contributed by atoms with Gasteiger partial charge in [-0.05, 0) is 12.5 Å². The second-order valence-electron chi connectivity index (χ2n) is 5.61. The van der Waals surface area contributed by atoms with Crippen LogP contribution in [0.3, 0.4) is 0 Å². The van der Waals surface area contributed by atoms with Crippen molar-refractivity contribution in [1.29, 1.82) is 0 Å². The third-order valence-electron chi connectivity index (χ3n) is 3.90. The zero-order valence-electron chi connectivity index (χ0n) is 13.8. The molecular formula is C16H12N4O4S2. The molecule has 26 heavy (non-hydrogen) atoms. The van der Waals surface area contributed by atoms with Gasteiger partial charge in [-0.25, -0.2) is 14.8 Å². The average Bonchev–Trinajstić information content (AvgIpc) is 3.21. The Morgan fingerprint density at radius 3 is 2.96 bits per heavy atom. The average molecular weight is 388 g/mol. The van der Waals surface area contributed by atoms with Crippen molar-refractivity contribution in [2.24, 2.45) is 7.05 Å². The number of nitrogens with zero attached hydrogens (tertiary/aromatic N) is 4. The van der Waals surface area contributed by atoms with Crippen LogP contribution in [0.15, 0.2) is 33.6 Å². The van der Waals surface area contributed by atoms with Crippen molar-refractivity contribution in [2.75, 3.05) is 0 Å². The van der Waals surface area contributed by atoms with Crippen LogP contribution in [0, 0.1) is 6.92 Å². The second kappa shape index (κ2) is 6.15. The molecule has 0 bridgehead atoms. The SMILES string of the molecule is Cc1c(C(=O)OCc2cc(=O)n3ccsc3n2)sc2ncn(C)c(=O)c12. The van der Waals surface area contributed by atoms with Crippen molar-refractivity contribution in [3.05, 3.63) is 60.8 Å². The largest absolute Gasteiger partial charge is 0.455 e. The number of hydrogen-bond acceptors (Lipinski definition) is 8. The quantitative estimate of drug-likeness (QED) is 0.496. The summed E-state index contributed by atoms with van der Waals surface area (Å²) in [5.74, 6) is -0.569. The number of aryl methyl sites for hydroxylation is 2. The maximum Gasteiger partial charge on any atom is 0.349 e. The van der Waals surface area contributed by atoms with E-state index in [2.05, 4.69) is 9.97 Å². The minimum absolute atomic E-state index is 0.123. The predicted octanol–water partition coefficient (Wildman–Crippen LogP) is 1.73. The monoisotopic (exact) mass is 388 g/mol. The number of aromatic nitrogens is 4. The number of ether oxygens (including phenoxy) is 1. The minimum atomic E-state index is -0.569. The number of carbonyl (C=O) groups excluding carboxylic acids is 1. The van der Waals surface area contributed by atoms with Gasteiger partial charge in [0, 0.05) is 24.7 Å². The molecule has 0 radical (unpaired) electrons. The lowest BCUT2D eigenvalue weighted by Gasteiger charge is -2.04. The van der Waals surface area contributed by atoms with E-state index in [1.54, 1.807) is 25.5 Å². The summed E-state index contributed by atoms with van der Waals surface area (Å²) in [6, 6.07) is 1.34. The number of hydrogen-bond donors (Lipinski definition) is 0. The van der Waals surface area contributed by atoms with Gasteiger partial charge < -0.3 is 9.30 Å². The molecule has 8 nitrogen and oxygen atoms in total. The molecule has 0 atom stereocenters. The van der Waals surface area contributed by atoms with Crippen molar-refractivity contribution in [3.63, 3.8) is 0 Å². The van der Waals surface area contributed by atoms with E-state index in [-0.39, 0.29) is 17.7 Å². The molecular weight excluding hydrogens is 376 g/mol. The molecule has 0 N–H and O–H groups in total. The van der Waals surface area contributed by atoms with Crippen LogP contribution >= 0.6 is 22.7 Å². The summed E-state index contributed by atoms with van der Waals surface area (Å²) in [7, 11) is 1.61. The summed E-state index contributed by atoms with van der Waals surface area (Å²) in [5.41, 5.74) is 0.484. The normalized spacial score (nSPS) is 11.3. The van der Waals surface area contributed by atoms with Crippen LogP contribution in [0.1, 0.15) is 20.9 Å². The molecule has 0 aliphatic heterocycles. The number of rotatable bonds is 3. The summed E-state index contributed by atoms with van der Waals surface area (Å²) in [6.07, 6.45) is 3.06. The second-order valence-corrected chi connectivity index (χ2v) is 7.49. The van der Waals surface area contributed by atoms with Gasteiger partial charge in [0.15, 0.2) is 4.96 Å². The molecule has 0 fully saturated rings. The fourth-order valence-electron chi connectivity index (χ4n) is 2.57. The van der Waals surface area contributed by atoms with Gasteiger partial charge in [0.2, 0.25) is 0 Å². The molecule has 4 rings (SSSR count). The van der Waals surface area contributed by atoms with Crippen LogP contribution < -0.4 is 11.1 Å². The lowest BCUT2D eigenvalue weighted by Crippen LogP contribution is -2.17. The summed E-state index contributed by atoms with van der Waals surface area (Å²) < 4.78 is 8.09. The van der Waals surface area contributed by atoms with Crippen molar-refractivity contribution >= 4 is 43.8 Å². The molecule has 0 saturated heterocycles. The maximum absolute atomic E-state index is 12.4. The first-order valence-electron chi connectivity index (χ1n) is 7.53. The van der Waals surface area contributed by atoms with Gasteiger partial charge in [0.05, 0.1) is 17.4 Å². The zero-order chi connectivity index (χ0) is 18.4. The summed E-state index contributed by atoms with van der Waals surface area (Å²) in [4.78, 5) is 46.5. The number of esters is 1. The fraction of sp³-hybridized carbons (Fsp3) is 0.188. The summed E-state index contributed by atoms with van der Waals surface area (Å²) >= 11 is 2.44. The van der Waals surface area contributed by atoms with Gasteiger partial charge in [-0.15, -0.1) is 22.7 Å². The van der Waals surface area contributed by atoms with E-state index in [1.807, 2.05) is 0 Å². The van der Waals surface area contributed by atoms with E-state index in [0.29, 0.717) is 31.3 Å². The predicted molar refractivity (Wildman–Crippen MR) is 98.1 cm³/mol. The Labute approximate surface area is 154 Å². The number of fused-ring (bicyclic) bond motifs is 2. The van der Waals surface area contributed by atoms with Gasteiger partial charge in [-0.1, -0.05) is 0 Å². The Balaban J connectivity index is 1.63. The van der Waals surface area contributed by atoms with Crippen LogP contribution in [0.2, 0.25) is 0 Å². The molecule has 0 aliphatic carbocycles. The fourth-order valence-corrected chi connectivity index (χ4v) is 4.34. The third-order valence-corrected chi connectivity index (χ3v) is 5.84. The van der Waals surface area contributed by atoms with Crippen LogP contribution in [-0.2, 0) is 18.4 Å². The van der Waals surface area contributed by atoms with Crippen LogP contribution in [0.25, 0.3) is 15.2 Å².